The minimum absolute atomic E-state index is 0.593. The predicted octanol–water partition coefficient (Wildman–Crippen LogP) is 2.75. The third-order valence-corrected chi connectivity index (χ3v) is 3.64. The largest absolute Gasteiger partial charge is 0.357 e. The Kier molecular flexibility index (Phi) is 4.17. The molecular weight excluding hydrogens is 278 g/mol. The van der Waals surface area contributed by atoms with Crippen molar-refractivity contribution < 1.29 is 0 Å². The molecule has 3 nitrogen and oxygen atoms in total. The van der Waals surface area contributed by atoms with Crippen molar-refractivity contribution in [2.24, 2.45) is 0 Å². The van der Waals surface area contributed by atoms with Gasteiger partial charge in [0.25, 0.3) is 0 Å². The van der Waals surface area contributed by atoms with Crippen LogP contribution in [0.1, 0.15) is 16.7 Å². The van der Waals surface area contributed by atoms with E-state index in [1.165, 1.54) is 16.7 Å². The molecule has 2 aromatic rings. The van der Waals surface area contributed by atoms with E-state index in [9.17, 15) is 0 Å². The number of benzene rings is 2. The number of rotatable bonds is 4. The van der Waals surface area contributed by atoms with Gasteiger partial charge in [-0.3, -0.25) is 5.43 Å². The molecule has 0 unspecified atom stereocenters. The van der Waals surface area contributed by atoms with Gasteiger partial charge in [-0.2, -0.15) is 0 Å². The van der Waals surface area contributed by atoms with Crippen molar-refractivity contribution in [3.8, 4) is 0 Å². The molecule has 0 saturated carbocycles. The van der Waals surface area contributed by atoms with Gasteiger partial charge in [-0.05, 0) is 35.0 Å². The first kappa shape index (κ1) is 13.6. The number of fused-ring (bicyclic) bond motifs is 1. The fourth-order valence-electron chi connectivity index (χ4n) is 2.32. The van der Waals surface area contributed by atoms with Crippen LogP contribution >= 0.6 is 12.2 Å². The number of nitrogens with one attached hydrogen (secondary N) is 3. The molecule has 0 radical (unpaired) electrons. The quantitative estimate of drug-likeness (QED) is 0.599. The lowest BCUT2D eigenvalue weighted by atomic mass is 10.1. The van der Waals surface area contributed by atoms with E-state index in [4.69, 9.17) is 12.2 Å². The Hall–Kier alpha value is -2.33. The summed E-state index contributed by atoms with van der Waals surface area (Å²) in [7, 11) is 0. The van der Waals surface area contributed by atoms with E-state index in [-0.39, 0.29) is 0 Å². The van der Waals surface area contributed by atoms with Crippen molar-refractivity contribution in [3.05, 3.63) is 77.0 Å². The Morgan fingerprint density at radius 2 is 1.76 bits per heavy atom. The van der Waals surface area contributed by atoms with Crippen LogP contribution in [0, 0.1) is 0 Å². The molecule has 0 saturated heterocycles. The third-order valence-electron chi connectivity index (χ3n) is 3.40. The molecule has 1 aliphatic carbocycles. The van der Waals surface area contributed by atoms with Gasteiger partial charge < -0.3 is 10.7 Å². The Labute approximate surface area is 130 Å². The minimum atomic E-state index is 0.593. The lowest BCUT2D eigenvalue weighted by molar-refractivity contribution is 0.727. The molecule has 106 valence electrons. The normalized spacial score (nSPS) is 12.3. The molecule has 0 heterocycles. The average Bonchev–Trinajstić information content (AvgIpc) is 2.95. The molecule has 0 amide bonds. The molecular formula is C17H17N3S. The molecule has 21 heavy (non-hydrogen) atoms. The summed E-state index contributed by atoms with van der Waals surface area (Å²) in [5, 5.41) is 3.77. The first-order valence-corrected chi connectivity index (χ1v) is 7.34. The van der Waals surface area contributed by atoms with E-state index in [1.807, 2.05) is 18.2 Å². The van der Waals surface area contributed by atoms with Crippen molar-refractivity contribution in [1.29, 1.82) is 0 Å². The zero-order valence-corrected chi connectivity index (χ0v) is 12.4. The van der Waals surface area contributed by atoms with Crippen molar-refractivity contribution in [3.63, 3.8) is 0 Å². The van der Waals surface area contributed by atoms with Gasteiger partial charge in [0, 0.05) is 18.7 Å². The van der Waals surface area contributed by atoms with Crippen LogP contribution in [0.15, 0.2) is 60.3 Å². The molecule has 2 aromatic carbocycles. The smallest absolute Gasteiger partial charge is 0.185 e. The van der Waals surface area contributed by atoms with Gasteiger partial charge in [-0.1, -0.05) is 54.6 Å². The van der Waals surface area contributed by atoms with Crippen LogP contribution in [0.3, 0.4) is 0 Å². The zero-order chi connectivity index (χ0) is 14.5. The lowest BCUT2D eigenvalue weighted by Crippen LogP contribution is -2.43. The van der Waals surface area contributed by atoms with Gasteiger partial charge in [-0.15, -0.1) is 0 Å². The summed E-state index contributed by atoms with van der Waals surface area (Å²) < 4.78 is 0. The highest BCUT2D eigenvalue weighted by molar-refractivity contribution is 7.80. The van der Waals surface area contributed by atoms with E-state index in [0.29, 0.717) is 11.7 Å². The van der Waals surface area contributed by atoms with Crippen LogP contribution in [0.4, 0.5) is 0 Å². The molecule has 0 fully saturated rings. The van der Waals surface area contributed by atoms with Gasteiger partial charge >= 0.3 is 0 Å². The summed E-state index contributed by atoms with van der Waals surface area (Å²) in [6.45, 7) is 0.716. The molecule has 0 aliphatic heterocycles. The number of hydrogen-bond acceptors (Lipinski definition) is 2. The SMILES string of the molecule is S=C(NCc1ccccc1)NNC1=Cc2ccccc2C1. The van der Waals surface area contributed by atoms with E-state index in [0.717, 1.165) is 12.1 Å². The molecule has 0 atom stereocenters. The van der Waals surface area contributed by atoms with E-state index in [2.05, 4.69) is 58.6 Å². The second kappa shape index (κ2) is 6.41. The van der Waals surface area contributed by atoms with Crippen LogP contribution in [-0.2, 0) is 13.0 Å². The first-order chi connectivity index (χ1) is 10.3. The monoisotopic (exact) mass is 295 g/mol. The fourth-order valence-corrected chi connectivity index (χ4v) is 2.44. The Bertz CT molecular complexity index is 665. The highest BCUT2D eigenvalue weighted by Crippen LogP contribution is 2.22. The van der Waals surface area contributed by atoms with Gasteiger partial charge in [-0.25, -0.2) is 0 Å². The Morgan fingerprint density at radius 3 is 2.57 bits per heavy atom. The Balaban J connectivity index is 1.45. The predicted molar refractivity (Wildman–Crippen MR) is 90.3 cm³/mol. The van der Waals surface area contributed by atoms with Gasteiger partial charge in [0.2, 0.25) is 0 Å². The van der Waals surface area contributed by atoms with Crippen LogP contribution in [0.25, 0.3) is 6.08 Å². The van der Waals surface area contributed by atoms with Crippen LogP contribution in [-0.4, -0.2) is 5.11 Å². The van der Waals surface area contributed by atoms with Gasteiger partial charge in [0.1, 0.15) is 0 Å². The molecule has 0 aromatic heterocycles. The van der Waals surface area contributed by atoms with E-state index < -0.39 is 0 Å². The summed E-state index contributed by atoms with van der Waals surface area (Å²) in [4.78, 5) is 0. The molecule has 4 heteroatoms. The van der Waals surface area contributed by atoms with Crippen molar-refractivity contribution >= 4 is 23.4 Å². The molecule has 0 bridgehead atoms. The van der Waals surface area contributed by atoms with Crippen LogP contribution in [0.2, 0.25) is 0 Å². The maximum atomic E-state index is 5.26. The molecule has 3 N–H and O–H groups in total. The zero-order valence-electron chi connectivity index (χ0n) is 11.6. The van der Waals surface area contributed by atoms with Crippen molar-refractivity contribution in [1.82, 2.24) is 16.2 Å². The first-order valence-electron chi connectivity index (χ1n) is 6.93. The third kappa shape index (κ3) is 3.61. The summed E-state index contributed by atoms with van der Waals surface area (Å²) >= 11 is 5.26. The number of hydrazine groups is 1. The maximum absolute atomic E-state index is 5.26. The Morgan fingerprint density at radius 1 is 1.00 bits per heavy atom. The second-order valence-corrected chi connectivity index (χ2v) is 5.37. The van der Waals surface area contributed by atoms with E-state index >= 15 is 0 Å². The molecule has 1 aliphatic rings. The van der Waals surface area contributed by atoms with Crippen molar-refractivity contribution in [2.75, 3.05) is 0 Å². The highest BCUT2D eigenvalue weighted by atomic mass is 32.1. The molecule has 0 spiro atoms. The van der Waals surface area contributed by atoms with Crippen LogP contribution in [0.5, 0.6) is 0 Å². The second-order valence-electron chi connectivity index (χ2n) is 4.96. The number of allylic oxidation sites excluding steroid dienone is 1. The minimum Gasteiger partial charge on any atom is -0.357 e. The standard InChI is InChI=1S/C17H17N3S/c21-17(18-12-13-6-2-1-3-7-13)20-19-16-10-14-8-4-5-9-15(14)11-16/h1-10,19H,11-12H2,(H2,18,20,21). The topological polar surface area (TPSA) is 36.1 Å². The van der Waals surface area contributed by atoms with E-state index in [1.54, 1.807) is 0 Å². The van der Waals surface area contributed by atoms with Gasteiger partial charge in [0.15, 0.2) is 5.11 Å². The average molecular weight is 295 g/mol. The lowest BCUT2D eigenvalue weighted by Gasteiger charge is -2.13. The number of hydrogen-bond donors (Lipinski definition) is 3. The summed E-state index contributed by atoms with van der Waals surface area (Å²) in [6, 6.07) is 18.6. The highest BCUT2D eigenvalue weighted by Gasteiger charge is 2.11. The fraction of sp³-hybridized carbons (Fsp3) is 0.118. The summed E-state index contributed by atoms with van der Waals surface area (Å²) in [5.74, 6) is 0. The van der Waals surface area contributed by atoms with Crippen LogP contribution < -0.4 is 16.2 Å². The van der Waals surface area contributed by atoms with Gasteiger partial charge in [0.05, 0.1) is 0 Å². The summed E-state index contributed by atoms with van der Waals surface area (Å²) in [6.07, 6.45) is 3.05. The maximum Gasteiger partial charge on any atom is 0.185 e. The summed E-state index contributed by atoms with van der Waals surface area (Å²) in [5.41, 5.74) is 11.1. The van der Waals surface area contributed by atoms with Crippen molar-refractivity contribution in [2.45, 2.75) is 13.0 Å². The molecule has 3 rings (SSSR count). The number of thiocarbonyl (C=S) groups is 1.